The molecule has 2 saturated carbocycles. The monoisotopic (exact) mass is 531 g/mol. The van der Waals surface area contributed by atoms with Gasteiger partial charge in [-0.15, -0.1) is 0 Å². The number of carbonyl (C=O) groups excluding carboxylic acids is 2. The third kappa shape index (κ3) is 4.85. The third-order valence-corrected chi connectivity index (χ3v) is 7.88. The number of amides is 2. The van der Waals surface area contributed by atoms with E-state index in [0.29, 0.717) is 41.0 Å². The van der Waals surface area contributed by atoms with Crippen LogP contribution in [0.3, 0.4) is 0 Å². The van der Waals surface area contributed by atoms with E-state index in [1.807, 2.05) is 12.2 Å². The van der Waals surface area contributed by atoms with Crippen molar-refractivity contribution in [3.8, 4) is 0 Å². The minimum Gasteiger partial charge on any atom is -0.344 e. The van der Waals surface area contributed by atoms with E-state index in [1.54, 1.807) is 22.8 Å². The molecule has 2 amide bonds. The molecule has 3 aromatic rings. The standard InChI is InChI=1S/C25H28F3N7O3/c1-2-16-22(34-38-33-16)24(37)31-21(20(12-3-4-12)13-5-6-13)17-11-35-19(29-17)8-7-15(32-35)9-14-10-18(25(26,27)28)30-23(14)36/h7-8,11-14,18,20-21H,2-6,9-10H2,1H3,(H,30,36)(H,31,37)/t14-,18-,21?/m0/s1. The molecule has 0 aromatic carbocycles. The van der Waals surface area contributed by atoms with Gasteiger partial charge in [0.05, 0.1) is 23.6 Å². The Bertz CT molecular complexity index is 1350. The minimum atomic E-state index is -4.47. The summed E-state index contributed by atoms with van der Waals surface area (Å²) in [6, 6.07) is 1.23. The number of fused-ring (bicyclic) bond motifs is 1. The first kappa shape index (κ1) is 24.8. The third-order valence-electron chi connectivity index (χ3n) is 7.88. The first-order chi connectivity index (χ1) is 18.2. The van der Waals surface area contributed by atoms with Gasteiger partial charge in [0, 0.05) is 12.3 Å². The molecular weight excluding hydrogens is 503 g/mol. The Balaban J connectivity index is 1.26. The Hall–Kier alpha value is -3.51. The second-order valence-electron chi connectivity index (χ2n) is 10.6. The molecule has 3 fully saturated rings. The number of aryl methyl sites for hydroxylation is 1. The molecule has 10 nitrogen and oxygen atoms in total. The van der Waals surface area contributed by atoms with Crippen LogP contribution >= 0.6 is 0 Å². The highest BCUT2D eigenvalue weighted by Crippen LogP contribution is 2.54. The van der Waals surface area contributed by atoms with Crippen molar-refractivity contribution in [3.63, 3.8) is 0 Å². The van der Waals surface area contributed by atoms with Gasteiger partial charge in [0.1, 0.15) is 11.7 Å². The van der Waals surface area contributed by atoms with Crippen molar-refractivity contribution in [2.45, 2.75) is 70.1 Å². The summed E-state index contributed by atoms with van der Waals surface area (Å²) in [4.78, 5) is 30.1. The topological polar surface area (TPSA) is 127 Å². The predicted molar refractivity (Wildman–Crippen MR) is 126 cm³/mol. The number of rotatable bonds is 9. The summed E-state index contributed by atoms with van der Waals surface area (Å²) in [7, 11) is 0. The van der Waals surface area contributed by atoms with Crippen molar-refractivity contribution in [1.82, 2.24) is 35.5 Å². The van der Waals surface area contributed by atoms with Gasteiger partial charge in [-0.3, -0.25) is 9.59 Å². The summed E-state index contributed by atoms with van der Waals surface area (Å²) >= 11 is 0. The largest absolute Gasteiger partial charge is 0.408 e. The number of halogens is 3. The van der Waals surface area contributed by atoms with Crippen molar-refractivity contribution in [3.05, 3.63) is 41.1 Å². The number of nitrogens with zero attached hydrogens (tertiary/aromatic N) is 5. The highest BCUT2D eigenvalue weighted by molar-refractivity contribution is 5.93. The zero-order valence-corrected chi connectivity index (χ0v) is 20.7. The Morgan fingerprint density at radius 3 is 2.58 bits per heavy atom. The van der Waals surface area contributed by atoms with Crippen molar-refractivity contribution in [2.75, 3.05) is 0 Å². The van der Waals surface area contributed by atoms with Crippen LogP contribution in [0.4, 0.5) is 13.2 Å². The summed E-state index contributed by atoms with van der Waals surface area (Å²) in [6.45, 7) is 1.87. The molecule has 0 bridgehead atoms. The Morgan fingerprint density at radius 2 is 1.95 bits per heavy atom. The molecule has 2 aliphatic carbocycles. The van der Waals surface area contributed by atoms with Crippen LogP contribution in [0.5, 0.6) is 0 Å². The van der Waals surface area contributed by atoms with Gasteiger partial charge >= 0.3 is 6.18 Å². The fourth-order valence-corrected chi connectivity index (χ4v) is 5.66. The van der Waals surface area contributed by atoms with E-state index in [1.165, 1.54) is 0 Å². The molecule has 1 unspecified atom stereocenters. The van der Waals surface area contributed by atoms with E-state index >= 15 is 0 Å². The number of carbonyl (C=O) groups is 2. The van der Waals surface area contributed by atoms with E-state index in [4.69, 9.17) is 9.61 Å². The van der Waals surface area contributed by atoms with Crippen LogP contribution in [0.1, 0.15) is 72.6 Å². The second kappa shape index (κ2) is 9.35. The van der Waals surface area contributed by atoms with Crippen LogP contribution in [0.25, 0.3) is 5.65 Å². The number of hydrogen-bond acceptors (Lipinski definition) is 7. The number of hydrogen-bond donors (Lipinski definition) is 2. The first-order valence-electron chi connectivity index (χ1n) is 13.1. The summed E-state index contributed by atoms with van der Waals surface area (Å²) in [5.41, 5.74) is 2.36. The van der Waals surface area contributed by atoms with E-state index < -0.39 is 24.0 Å². The second-order valence-corrected chi connectivity index (χ2v) is 10.6. The molecule has 1 aliphatic heterocycles. The highest BCUT2D eigenvalue weighted by atomic mass is 19.4. The van der Waals surface area contributed by atoms with E-state index in [-0.39, 0.29) is 36.4 Å². The normalized spacial score (nSPS) is 22.7. The fourth-order valence-electron chi connectivity index (χ4n) is 5.66. The summed E-state index contributed by atoms with van der Waals surface area (Å²) in [6.07, 6.45) is 2.01. The lowest BCUT2D eigenvalue weighted by molar-refractivity contribution is -0.154. The Labute approximate surface area is 215 Å². The minimum absolute atomic E-state index is 0.0910. The quantitative estimate of drug-likeness (QED) is 0.434. The number of alkyl halides is 3. The van der Waals surface area contributed by atoms with Crippen LogP contribution in [0.15, 0.2) is 23.0 Å². The van der Waals surface area contributed by atoms with Gasteiger partial charge in [-0.1, -0.05) is 12.1 Å². The van der Waals surface area contributed by atoms with Crippen LogP contribution in [0.2, 0.25) is 0 Å². The average molecular weight is 532 g/mol. The lowest BCUT2D eigenvalue weighted by atomic mass is 9.87. The first-order valence-corrected chi connectivity index (χ1v) is 13.1. The van der Waals surface area contributed by atoms with Crippen molar-refractivity contribution in [2.24, 2.45) is 23.7 Å². The molecule has 202 valence electrons. The van der Waals surface area contributed by atoms with E-state index in [0.717, 1.165) is 25.7 Å². The van der Waals surface area contributed by atoms with Gasteiger partial charge < -0.3 is 10.6 Å². The molecule has 6 rings (SSSR count). The van der Waals surface area contributed by atoms with Gasteiger partial charge in [0.15, 0.2) is 11.3 Å². The zero-order valence-electron chi connectivity index (χ0n) is 20.7. The van der Waals surface area contributed by atoms with Gasteiger partial charge in [-0.05, 0) is 73.6 Å². The van der Waals surface area contributed by atoms with Crippen molar-refractivity contribution >= 4 is 17.5 Å². The molecule has 3 aliphatic rings. The number of nitrogens with one attached hydrogen (secondary N) is 2. The Morgan fingerprint density at radius 1 is 1.21 bits per heavy atom. The molecule has 0 radical (unpaired) electrons. The van der Waals surface area contributed by atoms with Gasteiger partial charge in [-0.2, -0.15) is 18.3 Å². The molecule has 3 aromatic heterocycles. The molecule has 3 atom stereocenters. The van der Waals surface area contributed by atoms with E-state index in [9.17, 15) is 22.8 Å². The lowest BCUT2D eigenvalue weighted by Crippen LogP contribution is -2.38. The zero-order chi connectivity index (χ0) is 26.6. The lowest BCUT2D eigenvalue weighted by Gasteiger charge is -2.26. The number of aromatic nitrogens is 5. The number of imidazole rings is 1. The molecule has 13 heteroatoms. The van der Waals surface area contributed by atoms with Crippen LogP contribution in [-0.4, -0.2) is 48.9 Å². The predicted octanol–water partition coefficient (Wildman–Crippen LogP) is 3.19. The molecule has 0 spiro atoms. The molecule has 1 saturated heterocycles. The smallest absolute Gasteiger partial charge is 0.344 e. The molecular formula is C25H28F3N7O3. The van der Waals surface area contributed by atoms with E-state index in [2.05, 4.69) is 20.7 Å². The average Bonchev–Trinajstić information content (AvgIpc) is 3.76. The summed E-state index contributed by atoms with van der Waals surface area (Å²) in [5, 5.41) is 17.3. The maximum absolute atomic E-state index is 13.2. The molecule has 2 N–H and O–H groups in total. The van der Waals surface area contributed by atoms with Gasteiger partial charge in [0.25, 0.3) is 5.91 Å². The Kier molecular flexibility index (Phi) is 6.10. The van der Waals surface area contributed by atoms with Gasteiger partial charge in [0.2, 0.25) is 5.91 Å². The van der Waals surface area contributed by atoms with Crippen LogP contribution in [0, 0.1) is 23.7 Å². The molecule has 38 heavy (non-hydrogen) atoms. The van der Waals surface area contributed by atoms with Crippen LogP contribution in [-0.2, 0) is 17.6 Å². The molecule has 4 heterocycles. The summed E-state index contributed by atoms with van der Waals surface area (Å²) in [5.74, 6) is -0.547. The van der Waals surface area contributed by atoms with Crippen molar-refractivity contribution < 1.29 is 27.4 Å². The maximum Gasteiger partial charge on any atom is 0.408 e. The fraction of sp³-hybridized carbons (Fsp3) is 0.600. The maximum atomic E-state index is 13.2. The van der Waals surface area contributed by atoms with Crippen molar-refractivity contribution in [1.29, 1.82) is 0 Å². The van der Waals surface area contributed by atoms with Crippen LogP contribution < -0.4 is 10.6 Å². The van der Waals surface area contributed by atoms with Gasteiger partial charge in [-0.25, -0.2) is 14.1 Å². The SMILES string of the molecule is CCc1nonc1C(=O)NC(c1cn2nc(C[C@H]3C[C@@H](C(F)(F)F)NC3=O)ccc2n1)C(C1CC1)C1CC1. The highest BCUT2D eigenvalue weighted by Gasteiger charge is 2.48. The summed E-state index contributed by atoms with van der Waals surface area (Å²) < 4.78 is 45.5.